The van der Waals surface area contributed by atoms with E-state index in [-0.39, 0.29) is 24.3 Å². The van der Waals surface area contributed by atoms with Crippen LogP contribution in [0, 0.1) is 5.92 Å². The van der Waals surface area contributed by atoms with E-state index in [0.717, 1.165) is 11.3 Å². The molecule has 1 aliphatic heterocycles. The molecular weight excluding hydrogens is 446 g/mol. The molecular formula is C27H29N3O5. The third kappa shape index (κ3) is 5.37. The van der Waals surface area contributed by atoms with Gasteiger partial charge < -0.3 is 24.4 Å². The maximum atomic E-state index is 13.4. The van der Waals surface area contributed by atoms with E-state index < -0.39 is 5.92 Å². The van der Waals surface area contributed by atoms with Crippen LogP contribution in [0.25, 0.3) is 0 Å². The lowest BCUT2D eigenvalue weighted by molar-refractivity contribution is -0.125. The van der Waals surface area contributed by atoms with Crippen molar-refractivity contribution in [3.8, 4) is 17.2 Å². The molecule has 1 fully saturated rings. The average Bonchev–Trinajstić information content (AvgIpc) is 3.37. The molecule has 1 aromatic heterocycles. The molecule has 4 rings (SSSR count). The van der Waals surface area contributed by atoms with E-state index in [1.54, 1.807) is 56.7 Å². The Morgan fingerprint density at radius 2 is 1.69 bits per heavy atom. The summed E-state index contributed by atoms with van der Waals surface area (Å²) in [6.45, 7) is 0.963. The van der Waals surface area contributed by atoms with Gasteiger partial charge in [-0.2, -0.15) is 0 Å². The summed E-state index contributed by atoms with van der Waals surface area (Å²) >= 11 is 0. The molecule has 1 saturated heterocycles. The molecule has 0 saturated carbocycles. The maximum absolute atomic E-state index is 13.4. The zero-order chi connectivity index (χ0) is 24.8. The lowest BCUT2D eigenvalue weighted by Crippen LogP contribution is -2.35. The first-order valence-electron chi connectivity index (χ1n) is 11.4. The summed E-state index contributed by atoms with van der Waals surface area (Å²) < 4.78 is 16.2. The van der Waals surface area contributed by atoms with Crippen molar-refractivity contribution in [1.29, 1.82) is 0 Å². The number of hydrogen-bond acceptors (Lipinski definition) is 6. The third-order valence-corrected chi connectivity index (χ3v) is 6.29. The number of ether oxygens (including phenoxy) is 3. The Morgan fingerprint density at radius 3 is 2.34 bits per heavy atom. The molecule has 8 nitrogen and oxygen atoms in total. The van der Waals surface area contributed by atoms with E-state index >= 15 is 0 Å². The van der Waals surface area contributed by atoms with Gasteiger partial charge in [0.1, 0.15) is 17.2 Å². The van der Waals surface area contributed by atoms with E-state index in [1.165, 1.54) is 0 Å². The molecule has 2 amide bonds. The highest BCUT2D eigenvalue weighted by molar-refractivity contribution is 5.95. The number of pyridine rings is 1. The molecule has 2 heterocycles. The highest BCUT2D eigenvalue weighted by Gasteiger charge is 2.42. The predicted octanol–water partition coefficient (Wildman–Crippen LogP) is 3.28. The van der Waals surface area contributed by atoms with Crippen LogP contribution in [0.1, 0.15) is 27.5 Å². The first-order chi connectivity index (χ1) is 17.0. The number of rotatable bonds is 8. The van der Waals surface area contributed by atoms with Crippen molar-refractivity contribution in [2.24, 2.45) is 5.92 Å². The van der Waals surface area contributed by atoms with Crippen molar-refractivity contribution in [2.45, 2.75) is 12.5 Å². The number of likely N-dealkylation sites (tertiary alicyclic amines) is 1. The van der Waals surface area contributed by atoms with Crippen molar-refractivity contribution in [3.05, 3.63) is 83.7 Å². The minimum atomic E-state index is -0.470. The second kappa shape index (κ2) is 10.9. The van der Waals surface area contributed by atoms with Crippen LogP contribution in [0.3, 0.4) is 0 Å². The van der Waals surface area contributed by atoms with Crippen LogP contribution >= 0.6 is 0 Å². The fourth-order valence-electron chi connectivity index (χ4n) is 4.41. The van der Waals surface area contributed by atoms with Gasteiger partial charge in [-0.1, -0.05) is 6.07 Å². The van der Waals surface area contributed by atoms with Gasteiger partial charge in [-0.25, -0.2) is 0 Å². The standard InChI is InChI=1S/C27H29N3O5/c1-33-20-9-7-18(8-10-20)27(32)30-16-23(22-14-21(34-2)11-12-25(22)35-3)24(17-30)26(31)29-15-19-6-4-5-13-28-19/h4-14,23-24H,15-17H2,1-3H3,(H,29,31)/t23-,24-/m1/s1. The van der Waals surface area contributed by atoms with Gasteiger partial charge in [0.05, 0.1) is 39.5 Å². The second-order valence-electron chi connectivity index (χ2n) is 8.30. The number of benzene rings is 2. The Bertz CT molecular complexity index is 1170. The highest BCUT2D eigenvalue weighted by atomic mass is 16.5. The minimum Gasteiger partial charge on any atom is -0.497 e. The van der Waals surface area contributed by atoms with Gasteiger partial charge >= 0.3 is 0 Å². The van der Waals surface area contributed by atoms with Gasteiger partial charge in [-0.3, -0.25) is 14.6 Å². The molecule has 1 N–H and O–H groups in total. The monoisotopic (exact) mass is 475 g/mol. The summed E-state index contributed by atoms with van der Waals surface area (Å²) in [4.78, 5) is 32.7. The summed E-state index contributed by atoms with van der Waals surface area (Å²) in [5, 5.41) is 2.99. The quantitative estimate of drug-likeness (QED) is 0.538. The van der Waals surface area contributed by atoms with Crippen molar-refractivity contribution in [2.75, 3.05) is 34.4 Å². The third-order valence-electron chi connectivity index (χ3n) is 6.29. The number of nitrogens with zero attached hydrogens (tertiary/aromatic N) is 2. The Kier molecular flexibility index (Phi) is 7.50. The van der Waals surface area contributed by atoms with Gasteiger partial charge in [0, 0.05) is 36.3 Å². The van der Waals surface area contributed by atoms with Crippen molar-refractivity contribution >= 4 is 11.8 Å². The van der Waals surface area contributed by atoms with Gasteiger partial charge in [0.15, 0.2) is 0 Å². The van der Waals surface area contributed by atoms with Crippen LogP contribution in [-0.2, 0) is 11.3 Å². The zero-order valence-electron chi connectivity index (χ0n) is 20.1. The molecule has 35 heavy (non-hydrogen) atoms. The van der Waals surface area contributed by atoms with Crippen LogP contribution in [0.4, 0.5) is 0 Å². The molecule has 1 aliphatic rings. The fraction of sp³-hybridized carbons (Fsp3) is 0.296. The number of carbonyl (C=O) groups is 2. The summed E-state index contributed by atoms with van der Waals surface area (Å²) in [6, 6.07) is 18.1. The SMILES string of the molecule is COc1ccc(C(=O)N2C[C@H](c3cc(OC)ccc3OC)[C@H](C(=O)NCc3ccccn3)C2)cc1. The van der Waals surface area contributed by atoms with Crippen molar-refractivity contribution < 1.29 is 23.8 Å². The Balaban J connectivity index is 1.61. The molecule has 182 valence electrons. The van der Waals surface area contributed by atoms with E-state index in [2.05, 4.69) is 10.3 Å². The summed E-state index contributed by atoms with van der Waals surface area (Å²) in [7, 11) is 4.77. The zero-order valence-corrected chi connectivity index (χ0v) is 20.1. The first kappa shape index (κ1) is 24.1. The van der Waals surface area contributed by atoms with E-state index in [4.69, 9.17) is 14.2 Å². The Labute approximate surface area is 204 Å². The van der Waals surface area contributed by atoms with Crippen molar-refractivity contribution in [1.82, 2.24) is 15.2 Å². The van der Waals surface area contributed by atoms with Gasteiger partial charge in [-0.15, -0.1) is 0 Å². The number of nitrogens with one attached hydrogen (secondary N) is 1. The molecule has 0 aliphatic carbocycles. The van der Waals surface area contributed by atoms with Crippen LogP contribution in [0.5, 0.6) is 17.2 Å². The van der Waals surface area contributed by atoms with Gasteiger partial charge in [-0.05, 0) is 54.6 Å². The van der Waals surface area contributed by atoms with Crippen LogP contribution < -0.4 is 19.5 Å². The fourth-order valence-corrected chi connectivity index (χ4v) is 4.41. The van der Waals surface area contributed by atoms with Crippen LogP contribution in [0.15, 0.2) is 66.9 Å². The second-order valence-corrected chi connectivity index (χ2v) is 8.30. The number of aromatic nitrogens is 1. The minimum absolute atomic E-state index is 0.139. The van der Waals surface area contributed by atoms with Crippen LogP contribution in [-0.4, -0.2) is 56.1 Å². The molecule has 2 aromatic carbocycles. The maximum Gasteiger partial charge on any atom is 0.253 e. The highest BCUT2D eigenvalue weighted by Crippen LogP contribution is 2.40. The van der Waals surface area contributed by atoms with E-state index in [9.17, 15) is 9.59 Å². The number of hydrogen-bond donors (Lipinski definition) is 1. The lowest BCUT2D eigenvalue weighted by Gasteiger charge is -2.21. The number of carbonyl (C=O) groups excluding carboxylic acids is 2. The van der Waals surface area contributed by atoms with E-state index in [0.29, 0.717) is 35.9 Å². The first-order valence-corrected chi connectivity index (χ1v) is 11.4. The normalized spacial score (nSPS) is 17.1. The molecule has 0 unspecified atom stereocenters. The van der Waals surface area contributed by atoms with Gasteiger partial charge in [0.25, 0.3) is 5.91 Å². The topological polar surface area (TPSA) is 90.0 Å². The number of methoxy groups -OCH3 is 3. The van der Waals surface area contributed by atoms with Crippen molar-refractivity contribution in [3.63, 3.8) is 0 Å². The Hall–Kier alpha value is -4.07. The number of amides is 2. The summed E-state index contributed by atoms with van der Waals surface area (Å²) in [6.07, 6.45) is 1.69. The van der Waals surface area contributed by atoms with Gasteiger partial charge in [0.2, 0.25) is 5.91 Å². The Morgan fingerprint density at radius 1 is 0.943 bits per heavy atom. The van der Waals surface area contributed by atoms with E-state index in [1.807, 2.05) is 36.4 Å². The predicted molar refractivity (Wildman–Crippen MR) is 131 cm³/mol. The van der Waals surface area contributed by atoms with Crippen LogP contribution in [0.2, 0.25) is 0 Å². The smallest absolute Gasteiger partial charge is 0.253 e. The average molecular weight is 476 g/mol. The molecule has 0 radical (unpaired) electrons. The summed E-state index contributed by atoms with van der Waals surface area (Å²) in [5.74, 6) is 0.960. The summed E-state index contributed by atoms with van der Waals surface area (Å²) in [5.41, 5.74) is 2.13. The molecule has 0 spiro atoms. The lowest BCUT2D eigenvalue weighted by atomic mass is 9.87. The molecule has 3 aromatic rings. The largest absolute Gasteiger partial charge is 0.497 e. The molecule has 0 bridgehead atoms. The molecule has 2 atom stereocenters. The molecule has 8 heteroatoms.